The molecule has 3 aromatic rings. The number of benzene rings is 1. The molecule has 2 aromatic heterocycles. The van der Waals surface area contributed by atoms with Crippen LogP contribution in [0.2, 0.25) is 0 Å². The summed E-state index contributed by atoms with van der Waals surface area (Å²) in [6.07, 6.45) is 1.20. The number of nitrogen functional groups attached to an aromatic ring is 1. The van der Waals surface area contributed by atoms with Crippen molar-refractivity contribution in [2.24, 2.45) is 0 Å². The third-order valence-electron chi connectivity index (χ3n) is 7.56. The van der Waals surface area contributed by atoms with Gasteiger partial charge in [0.15, 0.2) is 5.82 Å². The van der Waals surface area contributed by atoms with Crippen molar-refractivity contribution in [2.75, 3.05) is 67.7 Å². The molecule has 0 bridgehead atoms. The van der Waals surface area contributed by atoms with Crippen molar-refractivity contribution < 1.29 is 14.3 Å². The van der Waals surface area contributed by atoms with E-state index >= 15 is 0 Å². The number of fused-ring (bicyclic) bond motifs is 1. The minimum atomic E-state index is -0.494. The van der Waals surface area contributed by atoms with E-state index in [0.29, 0.717) is 29.5 Å². The first-order chi connectivity index (χ1) is 20.4. The number of ether oxygens (including phenoxy) is 2. The third kappa shape index (κ3) is 7.13. The number of nitrogens with two attached hydrogens (primary N) is 1. The van der Waals surface area contributed by atoms with Gasteiger partial charge in [0.05, 0.1) is 41.7 Å². The maximum atomic E-state index is 13.2. The number of nitrogens with one attached hydrogen (secondary N) is 1. The number of pyridine rings is 1. The number of esters is 1. The highest BCUT2D eigenvalue weighted by molar-refractivity contribution is 9.10. The lowest BCUT2D eigenvalue weighted by Crippen LogP contribution is -2.33. The molecule has 1 aromatic carbocycles. The smallest absolute Gasteiger partial charge is 0.343 e. The van der Waals surface area contributed by atoms with Gasteiger partial charge in [-0.05, 0) is 61.1 Å². The Bertz CT molecular complexity index is 1460. The number of nitrogens with zero attached hydrogens (tertiary/aromatic N) is 6. The number of likely N-dealkylation sites (N-methyl/N-ethyl adjacent to an activating group) is 2. The molecule has 0 fully saturated rings. The molecular weight excluding hydrogens is 612 g/mol. The van der Waals surface area contributed by atoms with E-state index in [1.54, 1.807) is 7.11 Å². The van der Waals surface area contributed by atoms with E-state index in [0.717, 1.165) is 47.9 Å². The number of methoxy groups -OCH3 is 1. The average molecular weight is 656 g/mol. The SMILES string of the molecule is CCN(CC)CCN(C)c1cc(OC)c(Nc2ncc(C(=O)OC(C)C)c(N3CC(C)(C)c4nc(Br)ccc43)n2)cc1N. The van der Waals surface area contributed by atoms with Crippen LogP contribution < -0.4 is 25.6 Å². The van der Waals surface area contributed by atoms with E-state index in [1.165, 1.54) is 6.20 Å². The normalized spacial score (nSPS) is 13.8. The molecule has 12 heteroatoms. The lowest BCUT2D eigenvalue weighted by molar-refractivity contribution is 0.0378. The summed E-state index contributed by atoms with van der Waals surface area (Å²) in [5.74, 6) is 0.812. The molecule has 43 heavy (non-hydrogen) atoms. The van der Waals surface area contributed by atoms with Gasteiger partial charge >= 0.3 is 5.97 Å². The first-order valence-corrected chi connectivity index (χ1v) is 15.4. The van der Waals surface area contributed by atoms with E-state index in [9.17, 15) is 4.79 Å². The van der Waals surface area contributed by atoms with Crippen molar-refractivity contribution in [1.82, 2.24) is 19.9 Å². The fourth-order valence-corrected chi connectivity index (χ4v) is 5.51. The van der Waals surface area contributed by atoms with Crippen LogP contribution in [-0.4, -0.2) is 78.8 Å². The topological polar surface area (TPSA) is 122 Å². The molecule has 4 rings (SSSR count). The lowest BCUT2D eigenvalue weighted by Gasteiger charge is -2.26. The van der Waals surface area contributed by atoms with Gasteiger partial charge in [0, 0.05) is 44.4 Å². The summed E-state index contributed by atoms with van der Waals surface area (Å²) in [7, 11) is 3.64. The number of hydrogen-bond acceptors (Lipinski definition) is 11. The van der Waals surface area contributed by atoms with Crippen LogP contribution in [0.5, 0.6) is 5.75 Å². The molecule has 3 heterocycles. The second-order valence-corrected chi connectivity index (χ2v) is 12.4. The van der Waals surface area contributed by atoms with Gasteiger partial charge in [-0.3, -0.25) is 0 Å². The molecule has 11 nitrogen and oxygen atoms in total. The highest BCUT2D eigenvalue weighted by Crippen LogP contribution is 2.44. The Morgan fingerprint density at radius 2 is 1.91 bits per heavy atom. The maximum absolute atomic E-state index is 13.2. The van der Waals surface area contributed by atoms with Crippen LogP contribution in [0.15, 0.2) is 35.1 Å². The molecule has 232 valence electrons. The monoisotopic (exact) mass is 654 g/mol. The van der Waals surface area contributed by atoms with Gasteiger partial charge in [-0.25, -0.2) is 14.8 Å². The minimum Gasteiger partial charge on any atom is -0.494 e. The highest BCUT2D eigenvalue weighted by Gasteiger charge is 2.40. The Hall–Kier alpha value is -3.64. The van der Waals surface area contributed by atoms with Crippen molar-refractivity contribution in [3.05, 3.63) is 46.3 Å². The first kappa shape index (κ1) is 32.3. The van der Waals surface area contributed by atoms with E-state index in [1.807, 2.05) is 50.1 Å². The summed E-state index contributed by atoms with van der Waals surface area (Å²) in [6, 6.07) is 7.60. The molecule has 0 radical (unpaired) electrons. The predicted octanol–water partition coefficient (Wildman–Crippen LogP) is 5.74. The molecule has 0 amide bonds. The molecule has 3 N–H and O–H groups in total. The van der Waals surface area contributed by atoms with Gasteiger partial charge in [0.2, 0.25) is 5.95 Å². The molecule has 0 saturated heterocycles. The molecule has 0 aliphatic carbocycles. The Morgan fingerprint density at radius 1 is 1.19 bits per heavy atom. The summed E-state index contributed by atoms with van der Waals surface area (Å²) in [4.78, 5) is 33.8. The molecule has 0 spiro atoms. The van der Waals surface area contributed by atoms with Crippen molar-refractivity contribution in [3.8, 4) is 5.75 Å². The number of halogens is 1. The Kier molecular flexibility index (Phi) is 10.0. The highest BCUT2D eigenvalue weighted by atomic mass is 79.9. The molecule has 0 atom stereocenters. The Balaban J connectivity index is 1.71. The van der Waals surface area contributed by atoms with Crippen LogP contribution in [0.4, 0.5) is 34.5 Å². The Morgan fingerprint density at radius 3 is 2.56 bits per heavy atom. The van der Waals surface area contributed by atoms with E-state index < -0.39 is 5.97 Å². The number of carbonyl (C=O) groups excluding carboxylic acids is 1. The van der Waals surface area contributed by atoms with E-state index in [4.69, 9.17) is 25.2 Å². The number of hydrogen-bond donors (Lipinski definition) is 2. The van der Waals surface area contributed by atoms with Crippen molar-refractivity contribution in [2.45, 2.75) is 53.1 Å². The molecule has 1 aliphatic rings. The maximum Gasteiger partial charge on any atom is 0.343 e. The van der Waals surface area contributed by atoms with Crippen molar-refractivity contribution in [1.29, 1.82) is 0 Å². The Labute approximate surface area is 262 Å². The number of anilines is 6. The van der Waals surface area contributed by atoms with Crippen LogP contribution in [0.25, 0.3) is 0 Å². The quantitative estimate of drug-likeness (QED) is 0.141. The standard InChI is InChI=1S/C31H43BrN8O3/c1-9-39(10-2)14-13-38(7)24-16-25(42-8)22(15-21(24)33)35-30-34-17-20(29(41)43-19(3)4)28(37-30)40-18-31(5,6)27-23(40)11-12-26(32)36-27/h11-12,15-17,19H,9-10,13-14,18,33H2,1-8H3,(H,34,35,37). The van der Waals surface area contributed by atoms with Crippen molar-refractivity contribution in [3.63, 3.8) is 0 Å². The average Bonchev–Trinajstić information content (AvgIpc) is 3.22. The number of rotatable bonds is 12. The van der Waals surface area contributed by atoms with Gasteiger partial charge in [0.1, 0.15) is 15.9 Å². The second-order valence-electron chi connectivity index (χ2n) is 11.5. The zero-order valence-electron chi connectivity index (χ0n) is 26.4. The summed E-state index contributed by atoms with van der Waals surface area (Å²) in [6.45, 7) is 16.5. The van der Waals surface area contributed by atoms with Crippen LogP contribution in [0.1, 0.15) is 57.6 Å². The van der Waals surface area contributed by atoms with Gasteiger partial charge in [-0.2, -0.15) is 4.98 Å². The molecule has 0 saturated carbocycles. The molecular formula is C31H43BrN8O3. The first-order valence-electron chi connectivity index (χ1n) is 14.6. The van der Waals surface area contributed by atoms with Gasteiger partial charge in [-0.15, -0.1) is 0 Å². The number of aromatic nitrogens is 3. The van der Waals surface area contributed by atoms with Crippen LogP contribution in [0, 0.1) is 0 Å². The summed E-state index contributed by atoms with van der Waals surface area (Å²) in [5, 5.41) is 3.27. The van der Waals surface area contributed by atoms with Crippen LogP contribution in [-0.2, 0) is 10.2 Å². The summed E-state index contributed by atoms with van der Waals surface area (Å²) >= 11 is 3.49. The van der Waals surface area contributed by atoms with E-state index in [2.05, 4.69) is 63.7 Å². The summed E-state index contributed by atoms with van der Waals surface area (Å²) in [5.41, 5.74) is 10.4. The van der Waals surface area contributed by atoms with Gasteiger partial charge < -0.3 is 35.2 Å². The predicted molar refractivity (Wildman–Crippen MR) is 176 cm³/mol. The molecule has 0 unspecified atom stereocenters. The van der Waals surface area contributed by atoms with Crippen LogP contribution >= 0.6 is 15.9 Å². The zero-order chi connectivity index (χ0) is 31.5. The van der Waals surface area contributed by atoms with E-state index in [-0.39, 0.29) is 23.0 Å². The zero-order valence-corrected chi connectivity index (χ0v) is 27.9. The lowest BCUT2D eigenvalue weighted by atomic mass is 9.91. The van der Waals surface area contributed by atoms with Gasteiger partial charge in [0.25, 0.3) is 0 Å². The van der Waals surface area contributed by atoms with Crippen LogP contribution in [0.3, 0.4) is 0 Å². The van der Waals surface area contributed by atoms with Gasteiger partial charge in [-0.1, -0.05) is 27.7 Å². The number of carbonyl (C=O) groups is 1. The summed E-state index contributed by atoms with van der Waals surface area (Å²) < 4.78 is 12.0. The largest absolute Gasteiger partial charge is 0.494 e. The van der Waals surface area contributed by atoms with Crippen molar-refractivity contribution >= 4 is 56.4 Å². The second kappa shape index (κ2) is 13.3. The molecule has 1 aliphatic heterocycles. The minimum absolute atomic E-state index is 0.266. The fourth-order valence-electron chi connectivity index (χ4n) is 5.20. The third-order valence-corrected chi connectivity index (χ3v) is 8.01. The fraction of sp³-hybridized carbons (Fsp3) is 0.484.